The van der Waals surface area contributed by atoms with Crippen LogP contribution in [0.1, 0.15) is 119 Å². The molecule has 1 unspecified atom stereocenters. The molecule has 0 aromatic heterocycles. The van der Waals surface area contributed by atoms with E-state index in [1.807, 2.05) is 0 Å². The van der Waals surface area contributed by atoms with Crippen molar-refractivity contribution in [1.82, 2.24) is 0 Å². The maximum absolute atomic E-state index is 12.7. The molecule has 3 aromatic carbocycles. The zero-order valence-electron chi connectivity index (χ0n) is 26.7. The van der Waals surface area contributed by atoms with Crippen molar-refractivity contribution in [2.45, 2.75) is 104 Å². The molecule has 0 aliphatic heterocycles. The topological polar surface area (TPSA) is 108 Å². The number of unbranched alkanes of at least 4 members (excludes halogenated alkanes) is 8. The summed E-state index contributed by atoms with van der Waals surface area (Å²) in [5.41, 5.74) is 1.45. The van der Waals surface area contributed by atoms with Crippen molar-refractivity contribution >= 4 is 17.9 Å². The monoisotopic (exact) mass is 618 g/mol. The minimum Gasteiger partial charge on any atom is -0.461 e. The molecule has 3 rings (SSSR count). The standard InChI is InChI=1S/C37H46O8/c1-4-6-8-10-12-14-34(38)42-30-20-16-28(17-21-30)36(40)44-32-24-25-33(27(3)26-32)45-37(41)29-18-22-31(23-19-29)43-35(39)15-13-11-9-7-5-2/h16-26,37,41H,4-15H2,1-3H3. The van der Waals surface area contributed by atoms with E-state index >= 15 is 0 Å². The van der Waals surface area contributed by atoms with Crippen molar-refractivity contribution in [3.05, 3.63) is 83.4 Å². The number of aliphatic hydroxyl groups excluding tert-OH is 1. The molecule has 8 heteroatoms. The Labute approximate surface area is 266 Å². The summed E-state index contributed by atoms with van der Waals surface area (Å²) in [6, 6.07) is 17.6. The average Bonchev–Trinajstić information content (AvgIpc) is 3.02. The van der Waals surface area contributed by atoms with Crippen LogP contribution in [0.2, 0.25) is 0 Å². The lowest BCUT2D eigenvalue weighted by atomic mass is 10.1. The molecule has 0 amide bonds. The zero-order chi connectivity index (χ0) is 32.4. The molecule has 3 aromatic rings. The normalized spacial score (nSPS) is 11.5. The van der Waals surface area contributed by atoms with Gasteiger partial charge in [0.1, 0.15) is 23.0 Å². The van der Waals surface area contributed by atoms with E-state index in [1.54, 1.807) is 73.7 Å². The predicted molar refractivity (Wildman–Crippen MR) is 173 cm³/mol. The number of carbonyl (C=O) groups excluding carboxylic acids is 3. The first kappa shape index (κ1) is 35.3. The molecule has 242 valence electrons. The highest BCUT2D eigenvalue weighted by Gasteiger charge is 2.15. The van der Waals surface area contributed by atoms with Crippen LogP contribution in [0.5, 0.6) is 23.0 Å². The Bertz CT molecular complexity index is 1350. The summed E-state index contributed by atoms with van der Waals surface area (Å²) in [5, 5.41) is 10.6. The zero-order valence-corrected chi connectivity index (χ0v) is 26.7. The average molecular weight is 619 g/mol. The minimum atomic E-state index is -1.26. The second-order valence-electron chi connectivity index (χ2n) is 11.2. The van der Waals surface area contributed by atoms with Crippen molar-refractivity contribution in [2.24, 2.45) is 0 Å². The van der Waals surface area contributed by atoms with E-state index in [1.165, 1.54) is 12.8 Å². The number of hydrogen-bond acceptors (Lipinski definition) is 8. The van der Waals surface area contributed by atoms with Crippen LogP contribution in [0.15, 0.2) is 66.7 Å². The van der Waals surface area contributed by atoms with Crippen molar-refractivity contribution in [3.8, 4) is 23.0 Å². The first-order chi connectivity index (χ1) is 21.8. The number of carbonyl (C=O) groups is 3. The van der Waals surface area contributed by atoms with Gasteiger partial charge in [-0.1, -0.05) is 65.2 Å². The maximum atomic E-state index is 12.7. The number of rotatable bonds is 19. The fourth-order valence-corrected chi connectivity index (χ4v) is 4.64. The smallest absolute Gasteiger partial charge is 0.343 e. The molecule has 0 bridgehead atoms. The van der Waals surface area contributed by atoms with E-state index in [-0.39, 0.29) is 11.9 Å². The van der Waals surface area contributed by atoms with Crippen LogP contribution in [-0.2, 0) is 9.59 Å². The van der Waals surface area contributed by atoms with Crippen molar-refractivity contribution in [1.29, 1.82) is 0 Å². The SMILES string of the molecule is CCCCCCCC(=O)Oc1ccc(C(=O)Oc2ccc(OC(O)c3ccc(OC(=O)CCCCCCC)cc3)c(C)c2)cc1. The molecule has 0 saturated heterocycles. The predicted octanol–water partition coefficient (Wildman–Crippen LogP) is 8.82. The number of esters is 3. The molecule has 1 N–H and O–H groups in total. The van der Waals surface area contributed by atoms with Crippen molar-refractivity contribution < 1.29 is 38.4 Å². The van der Waals surface area contributed by atoms with Gasteiger partial charge >= 0.3 is 17.9 Å². The largest absolute Gasteiger partial charge is 0.461 e. The van der Waals surface area contributed by atoms with Crippen LogP contribution in [0.4, 0.5) is 0 Å². The van der Waals surface area contributed by atoms with Gasteiger partial charge in [-0.25, -0.2) is 4.79 Å². The summed E-state index contributed by atoms with van der Waals surface area (Å²) in [7, 11) is 0. The molecule has 0 aliphatic carbocycles. The Balaban J connectivity index is 1.46. The van der Waals surface area contributed by atoms with Crippen LogP contribution in [0.3, 0.4) is 0 Å². The molecule has 0 spiro atoms. The molecule has 0 heterocycles. The first-order valence-corrected chi connectivity index (χ1v) is 16.1. The van der Waals surface area contributed by atoms with E-state index in [2.05, 4.69) is 13.8 Å². The second kappa shape index (κ2) is 19.3. The number of aryl methyl sites for hydroxylation is 1. The molecule has 45 heavy (non-hydrogen) atoms. The van der Waals surface area contributed by atoms with Gasteiger partial charge < -0.3 is 24.1 Å². The number of hydrogen-bond donors (Lipinski definition) is 1. The third kappa shape index (κ3) is 12.8. The summed E-state index contributed by atoms with van der Waals surface area (Å²) in [5.74, 6) is 0.404. The van der Waals surface area contributed by atoms with E-state index < -0.39 is 12.3 Å². The van der Waals surface area contributed by atoms with E-state index in [4.69, 9.17) is 18.9 Å². The van der Waals surface area contributed by atoms with E-state index in [9.17, 15) is 19.5 Å². The van der Waals surface area contributed by atoms with Gasteiger partial charge in [0.15, 0.2) is 0 Å². The molecule has 0 radical (unpaired) electrons. The van der Waals surface area contributed by atoms with E-state index in [0.29, 0.717) is 52.5 Å². The highest BCUT2D eigenvalue weighted by molar-refractivity contribution is 5.91. The van der Waals surface area contributed by atoms with Crippen LogP contribution < -0.4 is 18.9 Å². The van der Waals surface area contributed by atoms with Crippen LogP contribution >= 0.6 is 0 Å². The van der Waals surface area contributed by atoms with Gasteiger partial charge in [-0.2, -0.15) is 0 Å². The summed E-state index contributed by atoms with van der Waals surface area (Å²) >= 11 is 0. The van der Waals surface area contributed by atoms with Gasteiger partial charge in [0.05, 0.1) is 5.56 Å². The van der Waals surface area contributed by atoms with E-state index in [0.717, 1.165) is 51.4 Å². The number of aliphatic hydroxyl groups is 1. The lowest BCUT2D eigenvalue weighted by Crippen LogP contribution is -2.11. The number of ether oxygens (including phenoxy) is 4. The second-order valence-corrected chi connectivity index (χ2v) is 11.2. The molecule has 8 nitrogen and oxygen atoms in total. The molecule has 0 fully saturated rings. The van der Waals surface area contributed by atoms with Crippen LogP contribution in [0, 0.1) is 6.92 Å². The Morgan fingerprint density at radius 1 is 0.622 bits per heavy atom. The Morgan fingerprint density at radius 2 is 1.11 bits per heavy atom. The van der Waals surface area contributed by atoms with Gasteiger partial charge in [-0.05, 0) is 92.1 Å². The molecule has 1 atom stereocenters. The molecular formula is C37H46O8. The summed E-state index contributed by atoms with van der Waals surface area (Å²) < 4.78 is 22.0. The fourth-order valence-electron chi connectivity index (χ4n) is 4.64. The highest BCUT2D eigenvalue weighted by Crippen LogP contribution is 2.29. The van der Waals surface area contributed by atoms with Gasteiger partial charge in [0.2, 0.25) is 6.29 Å². The third-order valence-electron chi connectivity index (χ3n) is 7.28. The number of benzene rings is 3. The van der Waals surface area contributed by atoms with Gasteiger partial charge in [0.25, 0.3) is 0 Å². The summed E-state index contributed by atoms with van der Waals surface area (Å²) in [6.45, 7) is 6.07. The van der Waals surface area contributed by atoms with Crippen LogP contribution in [-0.4, -0.2) is 23.0 Å². The molecule has 0 aliphatic rings. The fraction of sp³-hybridized carbons (Fsp3) is 0.432. The Hall–Kier alpha value is -4.17. The summed E-state index contributed by atoms with van der Waals surface area (Å²) in [6.07, 6.45) is 10.0. The van der Waals surface area contributed by atoms with Crippen LogP contribution in [0.25, 0.3) is 0 Å². The van der Waals surface area contributed by atoms with Gasteiger partial charge in [-0.3, -0.25) is 9.59 Å². The highest BCUT2D eigenvalue weighted by atomic mass is 16.6. The first-order valence-electron chi connectivity index (χ1n) is 16.1. The molecular weight excluding hydrogens is 572 g/mol. The minimum absolute atomic E-state index is 0.270. The lowest BCUT2D eigenvalue weighted by Gasteiger charge is -2.16. The quantitative estimate of drug-likeness (QED) is 0.0614. The Morgan fingerprint density at radius 3 is 1.62 bits per heavy atom. The Kier molecular flexibility index (Phi) is 15.1. The lowest BCUT2D eigenvalue weighted by molar-refractivity contribution is -0.135. The van der Waals surface area contributed by atoms with Crippen molar-refractivity contribution in [3.63, 3.8) is 0 Å². The van der Waals surface area contributed by atoms with Crippen molar-refractivity contribution in [2.75, 3.05) is 0 Å². The third-order valence-corrected chi connectivity index (χ3v) is 7.28. The maximum Gasteiger partial charge on any atom is 0.343 e. The van der Waals surface area contributed by atoms with Gasteiger partial charge in [-0.15, -0.1) is 0 Å². The molecule has 0 saturated carbocycles. The summed E-state index contributed by atoms with van der Waals surface area (Å²) in [4.78, 5) is 36.8. The van der Waals surface area contributed by atoms with Gasteiger partial charge in [0, 0.05) is 18.4 Å².